The van der Waals surface area contributed by atoms with Gasteiger partial charge >= 0.3 is 6.09 Å². The molecule has 2 aromatic rings. The van der Waals surface area contributed by atoms with E-state index >= 15 is 0 Å². The summed E-state index contributed by atoms with van der Waals surface area (Å²) in [5, 5.41) is 10.7. The number of hydrogen-bond acceptors (Lipinski definition) is 3. The molecule has 0 aliphatic carbocycles. The number of carbonyl (C=O) groups excluding carboxylic acids is 1. The molecule has 1 aliphatic rings. The van der Waals surface area contributed by atoms with Crippen molar-refractivity contribution in [3.63, 3.8) is 0 Å². The second-order valence-corrected chi connectivity index (χ2v) is 7.88. The molecule has 138 valence electrons. The number of carbonyl (C=O) groups is 1. The van der Waals surface area contributed by atoms with Crippen LogP contribution in [-0.4, -0.2) is 40.9 Å². The van der Waals surface area contributed by atoms with Crippen LogP contribution in [0.25, 0.3) is 11.1 Å². The molecule has 1 N–H and O–H groups in total. The summed E-state index contributed by atoms with van der Waals surface area (Å²) in [4.78, 5) is 13.8. The third-order valence-electron chi connectivity index (χ3n) is 4.66. The van der Waals surface area contributed by atoms with Crippen molar-refractivity contribution in [3.05, 3.63) is 60.2 Å². The molecule has 1 amide bonds. The average molecular weight is 353 g/mol. The number of rotatable bonds is 2. The zero-order valence-corrected chi connectivity index (χ0v) is 15.7. The second kappa shape index (κ2) is 7.50. The van der Waals surface area contributed by atoms with E-state index in [0.717, 1.165) is 23.1 Å². The zero-order chi connectivity index (χ0) is 18.7. The predicted molar refractivity (Wildman–Crippen MR) is 103 cm³/mol. The number of nitrogens with zero attached hydrogens (tertiary/aromatic N) is 1. The molecule has 2 atom stereocenters. The van der Waals surface area contributed by atoms with Crippen LogP contribution in [0.5, 0.6) is 0 Å². The molecular formula is C22H27NO3. The van der Waals surface area contributed by atoms with Gasteiger partial charge in [0.05, 0.1) is 12.6 Å². The Balaban J connectivity index is 1.71. The van der Waals surface area contributed by atoms with E-state index in [-0.39, 0.29) is 12.0 Å². The van der Waals surface area contributed by atoms with Crippen LogP contribution in [0.2, 0.25) is 0 Å². The summed E-state index contributed by atoms with van der Waals surface area (Å²) in [6, 6.07) is 18.5. The Bertz CT molecular complexity index is 751. The first-order chi connectivity index (χ1) is 12.3. The lowest BCUT2D eigenvalue weighted by Crippen LogP contribution is -2.47. The molecule has 0 saturated carbocycles. The van der Waals surface area contributed by atoms with E-state index in [0.29, 0.717) is 13.1 Å². The lowest BCUT2D eigenvalue weighted by Gasteiger charge is -2.37. The van der Waals surface area contributed by atoms with Crippen molar-refractivity contribution >= 4 is 6.09 Å². The van der Waals surface area contributed by atoms with Gasteiger partial charge in [0.25, 0.3) is 0 Å². The highest BCUT2D eigenvalue weighted by Gasteiger charge is 2.33. The molecule has 1 saturated heterocycles. The van der Waals surface area contributed by atoms with Crippen LogP contribution in [0.3, 0.4) is 0 Å². The third-order valence-corrected chi connectivity index (χ3v) is 4.66. The van der Waals surface area contributed by atoms with Gasteiger partial charge in [-0.1, -0.05) is 54.6 Å². The summed E-state index contributed by atoms with van der Waals surface area (Å²) in [6.45, 7) is 6.44. The molecular weight excluding hydrogens is 326 g/mol. The van der Waals surface area contributed by atoms with E-state index < -0.39 is 11.7 Å². The number of benzene rings is 2. The SMILES string of the molecule is CC(C)(C)OC(=O)N1CC[C@H](c2cccc(-c3ccccc3)c2)[C@@H](O)C1. The van der Waals surface area contributed by atoms with E-state index in [4.69, 9.17) is 4.74 Å². The van der Waals surface area contributed by atoms with Crippen LogP contribution in [0.15, 0.2) is 54.6 Å². The number of amides is 1. The maximum Gasteiger partial charge on any atom is 0.410 e. The van der Waals surface area contributed by atoms with Gasteiger partial charge < -0.3 is 14.7 Å². The number of ether oxygens (including phenoxy) is 1. The molecule has 0 spiro atoms. The first-order valence-electron chi connectivity index (χ1n) is 9.15. The van der Waals surface area contributed by atoms with E-state index in [2.05, 4.69) is 30.3 Å². The molecule has 3 rings (SSSR count). The molecule has 1 aliphatic heterocycles. The molecule has 0 unspecified atom stereocenters. The van der Waals surface area contributed by atoms with Crippen molar-refractivity contribution in [1.29, 1.82) is 0 Å². The van der Waals surface area contributed by atoms with Crippen LogP contribution in [0.1, 0.15) is 38.7 Å². The normalized spacial score (nSPS) is 20.7. The number of β-amino-alcohol motifs (C(OH)–C–C–N with tert-alkyl or cyclic N) is 1. The van der Waals surface area contributed by atoms with Crippen LogP contribution in [0.4, 0.5) is 4.79 Å². The van der Waals surface area contributed by atoms with Gasteiger partial charge in [0.1, 0.15) is 5.60 Å². The monoisotopic (exact) mass is 353 g/mol. The van der Waals surface area contributed by atoms with Gasteiger partial charge in [0.2, 0.25) is 0 Å². The lowest BCUT2D eigenvalue weighted by atomic mass is 9.86. The standard InChI is InChI=1S/C22H27NO3/c1-22(2,3)26-21(25)23-13-12-19(20(24)15-23)18-11-7-10-17(14-18)16-8-5-4-6-9-16/h4-11,14,19-20,24H,12-13,15H2,1-3H3/t19-,20+/m1/s1. The van der Waals surface area contributed by atoms with E-state index in [9.17, 15) is 9.90 Å². The molecule has 0 aromatic heterocycles. The molecule has 4 heteroatoms. The first kappa shape index (κ1) is 18.5. The van der Waals surface area contributed by atoms with Crippen LogP contribution in [0, 0.1) is 0 Å². The third kappa shape index (κ3) is 4.44. The Labute approximate surface area is 155 Å². The van der Waals surface area contributed by atoms with Gasteiger partial charge in [-0.15, -0.1) is 0 Å². The minimum absolute atomic E-state index is 0.0253. The maximum absolute atomic E-state index is 12.2. The fraction of sp³-hybridized carbons (Fsp3) is 0.409. The fourth-order valence-corrected chi connectivity index (χ4v) is 3.39. The Hall–Kier alpha value is -2.33. The number of aliphatic hydroxyl groups excluding tert-OH is 1. The highest BCUT2D eigenvalue weighted by atomic mass is 16.6. The van der Waals surface area contributed by atoms with Crippen molar-refractivity contribution in [2.24, 2.45) is 0 Å². The summed E-state index contributed by atoms with van der Waals surface area (Å²) >= 11 is 0. The zero-order valence-electron chi connectivity index (χ0n) is 15.7. The fourth-order valence-electron chi connectivity index (χ4n) is 3.39. The van der Waals surface area contributed by atoms with Gasteiger partial charge in [-0.3, -0.25) is 0 Å². The number of likely N-dealkylation sites (tertiary alicyclic amines) is 1. The minimum Gasteiger partial charge on any atom is -0.444 e. The molecule has 1 fully saturated rings. The first-order valence-corrected chi connectivity index (χ1v) is 9.15. The average Bonchev–Trinajstić information content (AvgIpc) is 2.61. The number of hydrogen-bond donors (Lipinski definition) is 1. The number of piperidine rings is 1. The van der Waals surface area contributed by atoms with Gasteiger partial charge in [-0.05, 0) is 43.9 Å². The van der Waals surface area contributed by atoms with E-state index in [1.54, 1.807) is 4.90 Å². The van der Waals surface area contributed by atoms with E-state index in [1.807, 2.05) is 45.0 Å². The van der Waals surface area contributed by atoms with Crippen molar-refractivity contribution in [2.75, 3.05) is 13.1 Å². The summed E-state index contributed by atoms with van der Waals surface area (Å²) in [6.07, 6.45) is -0.228. The smallest absolute Gasteiger partial charge is 0.410 e. The Morgan fingerprint density at radius 3 is 2.42 bits per heavy atom. The molecule has 1 heterocycles. The molecule has 0 radical (unpaired) electrons. The van der Waals surface area contributed by atoms with Crippen LogP contribution >= 0.6 is 0 Å². The summed E-state index contributed by atoms with van der Waals surface area (Å²) in [5.41, 5.74) is 2.89. The predicted octanol–water partition coefficient (Wildman–Crippen LogP) is 4.44. The van der Waals surface area contributed by atoms with Crippen molar-refractivity contribution in [2.45, 2.75) is 44.8 Å². The van der Waals surface area contributed by atoms with Gasteiger partial charge in [-0.2, -0.15) is 0 Å². The lowest BCUT2D eigenvalue weighted by molar-refractivity contribution is -0.00151. The summed E-state index contributed by atoms with van der Waals surface area (Å²) in [5.74, 6) is 0.0253. The van der Waals surface area contributed by atoms with Crippen molar-refractivity contribution in [1.82, 2.24) is 4.90 Å². The Kier molecular flexibility index (Phi) is 5.33. The molecule has 26 heavy (non-hydrogen) atoms. The topological polar surface area (TPSA) is 49.8 Å². The molecule has 4 nitrogen and oxygen atoms in total. The highest BCUT2D eigenvalue weighted by Crippen LogP contribution is 2.31. The van der Waals surface area contributed by atoms with Crippen molar-refractivity contribution < 1.29 is 14.6 Å². The van der Waals surface area contributed by atoms with Gasteiger partial charge in [0.15, 0.2) is 0 Å². The summed E-state index contributed by atoms with van der Waals surface area (Å²) < 4.78 is 5.42. The highest BCUT2D eigenvalue weighted by molar-refractivity contribution is 5.68. The van der Waals surface area contributed by atoms with Crippen LogP contribution < -0.4 is 0 Å². The minimum atomic E-state index is -0.595. The maximum atomic E-state index is 12.2. The molecule has 0 bridgehead atoms. The van der Waals surface area contributed by atoms with Crippen LogP contribution in [-0.2, 0) is 4.74 Å². The largest absolute Gasteiger partial charge is 0.444 e. The van der Waals surface area contributed by atoms with Crippen molar-refractivity contribution in [3.8, 4) is 11.1 Å². The Morgan fingerprint density at radius 2 is 1.77 bits per heavy atom. The quantitative estimate of drug-likeness (QED) is 0.868. The van der Waals surface area contributed by atoms with Gasteiger partial charge in [-0.25, -0.2) is 4.79 Å². The van der Waals surface area contributed by atoms with Gasteiger partial charge in [0, 0.05) is 12.5 Å². The second-order valence-electron chi connectivity index (χ2n) is 7.88. The van der Waals surface area contributed by atoms with E-state index in [1.165, 1.54) is 0 Å². The Morgan fingerprint density at radius 1 is 1.08 bits per heavy atom. The number of aliphatic hydroxyl groups is 1. The molecule has 2 aromatic carbocycles. The summed E-state index contributed by atoms with van der Waals surface area (Å²) in [7, 11) is 0.